The Morgan fingerprint density at radius 1 is 1.43 bits per heavy atom. The second-order valence-corrected chi connectivity index (χ2v) is 2.65. The molecule has 0 unspecified atom stereocenters. The molecule has 0 heterocycles. The summed E-state index contributed by atoms with van der Waals surface area (Å²) < 4.78 is 11.8. The second-order valence-electron chi connectivity index (χ2n) is 2.65. The van der Waals surface area contributed by atoms with Crippen molar-refractivity contribution in [3.05, 3.63) is 0 Å². The topological polar surface area (TPSA) is 0 Å². The lowest BCUT2D eigenvalue weighted by atomic mass is 9.44. The molecule has 0 amide bonds. The molecule has 0 saturated heterocycles. The predicted octanol–water partition coefficient (Wildman–Crippen LogP) is 0.948. The summed E-state index contributed by atoms with van der Waals surface area (Å²) in [6.45, 7) is 5.85. The Labute approximate surface area is 46.0 Å². The number of rotatable bonds is 2. The average molecular weight is 99.8 g/mol. The maximum Gasteiger partial charge on any atom is 0.329 e. The van der Waals surface area contributed by atoms with Crippen LogP contribution in [0.5, 0.6) is 0 Å². The van der Waals surface area contributed by atoms with Gasteiger partial charge in [-0.05, 0) is 0 Å². The van der Waals surface area contributed by atoms with Gasteiger partial charge in [0.05, 0.1) is 0 Å². The van der Waals surface area contributed by atoms with Crippen molar-refractivity contribution in [3.8, 4) is 0 Å². The molecular weight excluding hydrogens is 88.7 g/mol. The molecule has 0 aliphatic carbocycles. The third kappa shape index (κ3) is 2.72. The van der Waals surface area contributed by atoms with Gasteiger partial charge in [0.25, 0.3) is 0 Å². The summed E-state index contributed by atoms with van der Waals surface area (Å²) in [5, 5.41) is -0.0833. The van der Waals surface area contributed by atoms with Crippen molar-refractivity contribution in [2.75, 3.05) is 0 Å². The largest absolute Gasteiger partial charge is 0.342 e. The smallest absolute Gasteiger partial charge is 0.329 e. The van der Waals surface area contributed by atoms with Crippen LogP contribution >= 0.6 is 0 Å². The molecule has 0 aromatic carbocycles. The molecule has 0 atom stereocenters. The molecule has 7 heavy (non-hydrogen) atoms. The lowest BCUT2D eigenvalue weighted by molar-refractivity contribution is 0.782. The normalized spacial score (nSPS) is 10.9. The van der Waals surface area contributed by atoms with E-state index in [1.54, 1.807) is 0 Å². The Morgan fingerprint density at radius 3 is 1.86 bits per heavy atom. The van der Waals surface area contributed by atoms with Crippen molar-refractivity contribution in [2.24, 2.45) is 0 Å². The molecule has 0 aromatic rings. The molecule has 0 bridgehead atoms. The highest BCUT2D eigenvalue weighted by Gasteiger charge is 2.17. The van der Waals surface area contributed by atoms with Crippen LogP contribution in [0.1, 0.15) is 13.8 Å². The van der Waals surface area contributed by atoms with Gasteiger partial charge in [-0.25, -0.2) is 0 Å². The molecule has 0 spiro atoms. The van der Waals surface area contributed by atoms with Crippen LogP contribution in [0.25, 0.3) is 0 Å². The highest BCUT2D eigenvalue weighted by Crippen LogP contribution is 2.19. The quantitative estimate of drug-likeness (QED) is 0.453. The average Bonchev–Trinajstić information content (AvgIpc) is 1.68. The Kier molecular flexibility index (Phi) is 2.41. The van der Waals surface area contributed by atoms with Crippen molar-refractivity contribution in [2.45, 2.75) is 25.9 Å². The summed E-state index contributed by atoms with van der Waals surface area (Å²) in [6, 6.07) is 0. The third-order valence-electron chi connectivity index (χ3n) is 1.32. The van der Waals surface area contributed by atoms with E-state index in [1.165, 1.54) is 0 Å². The summed E-state index contributed by atoms with van der Waals surface area (Å²) in [5.41, 5.74) is 0. The van der Waals surface area contributed by atoms with Crippen molar-refractivity contribution in [3.63, 3.8) is 0 Å². The first-order valence-corrected chi connectivity index (χ1v) is 2.68. The Bertz CT molecular complexity index is 47.7. The minimum Gasteiger partial charge on any atom is -0.342 e. The van der Waals surface area contributed by atoms with E-state index in [0.29, 0.717) is 0 Å². The van der Waals surface area contributed by atoms with Crippen LogP contribution < -0.4 is 0 Å². The van der Waals surface area contributed by atoms with E-state index < -0.39 is 0 Å². The van der Waals surface area contributed by atoms with Gasteiger partial charge in [-0.2, -0.15) is 0 Å². The number of halogens is 1. The monoisotopic (exact) mass is 100 g/mol. The van der Waals surface area contributed by atoms with Gasteiger partial charge < -0.3 is 4.32 Å². The zero-order valence-corrected chi connectivity index (χ0v) is 5.29. The van der Waals surface area contributed by atoms with Crippen molar-refractivity contribution >= 4 is 14.8 Å². The van der Waals surface area contributed by atoms with Crippen LogP contribution in [-0.2, 0) is 0 Å². The minimum atomic E-state index is -0.205. The maximum atomic E-state index is 11.8. The fourth-order valence-electron chi connectivity index (χ4n) is 0.0945. The Balaban J connectivity index is 3.36. The first kappa shape index (κ1) is 7.06. The van der Waals surface area contributed by atoms with Gasteiger partial charge in [0.1, 0.15) is 7.28 Å². The molecule has 0 aromatic heterocycles. The van der Waals surface area contributed by atoms with E-state index in [4.69, 9.17) is 0 Å². The highest BCUT2D eigenvalue weighted by molar-refractivity contribution is 6.57. The molecule has 40 valence electrons. The lowest BCUT2D eigenvalue weighted by Gasteiger charge is -2.12. The molecule has 3 heteroatoms. The molecule has 0 nitrogen and oxygen atoms in total. The minimum absolute atomic E-state index is 0.0833. The summed E-state index contributed by atoms with van der Waals surface area (Å²) in [6.07, 6.45) is 0. The Morgan fingerprint density at radius 2 is 1.86 bits per heavy atom. The third-order valence-corrected chi connectivity index (χ3v) is 1.32. The van der Waals surface area contributed by atoms with Gasteiger partial charge in [-0.15, -0.1) is 0 Å². The predicted molar refractivity (Wildman–Crippen MR) is 35.3 cm³/mol. The van der Waals surface area contributed by atoms with Crippen LogP contribution in [-0.4, -0.2) is 14.8 Å². The van der Waals surface area contributed by atoms with Crippen molar-refractivity contribution < 1.29 is 4.32 Å². The molecule has 0 aliphatic rings. The number of hydrogen-bond acceptors (Lipinski definition) is 0. The van der Waals surface area contributed by atoms with E-state index in [1.807, 2.05) is 20.7 Å². The molecular formula is C4H11B2F. The fraction of sp³-hybridized carbons (Fsp3) is 1.00. The molecule has 0 saturated carbocycles. The SMILES string of the molecule is CBC(C)(C)BF. The zero-order valence-electron chi connectivity index (χ0n) is 5.29. The zero-order chi connectivity index (χ0) is 5.91. The van der Waals surface area contributed by atoms with Gasteiger partial charge in [0, 0.05) is 0 Å². The summed E-state index contributed by atoms with van der Waals surface area (Å²) in [7, 11) is 0.715. The van der Waals surface area contributed by atoms with E-state index in [9.17, 15) is 4.32 Å². The van der Waals surface area contributed by atoms with Gasteiger partial charge in [0.2, 0.25) is 0 Å². The van der Waals surface area contributed by atoms with Gasteiger partial charge in [-0.1, -0.05) is 25.9 Å². The molecule has 0 fully saturated rings. The van der Waals surface area contributed by atoms with E-state index in [-0.39, 0.29) is 12.8 Å². The van der Waals surface area contributed by atoms with Crippen LogP contribution in [0.2, 0.25) is 12.0 Å². The van der Waals surface area contributed by atoms with E-state index >= 15 is 0 Å². The van der Waals surface area contributed by atoms with Gasteiger partial charge >= 0.3 is 7.56 Å². The van der Waals surface area contributed by atoms with E-state index in [2.05, 4.69) is 0 Å². The summed E-state index contributed by atoms with van der Waals surface area (Å²) in [4.78, 5) is 0. The van der Waals surface area contributed by atoms with Crippen molar-refractivity contribution in [1.29, 1.82) is 0 Å². The van der Waals surface area contributed by atoms with Crippen LogP contribution in [0.4, 0.5) is 4.32 Å². The Hall–Kier alpha value is 0.0599. The molecule has 0 rings (SSSR count). The highest BCUT2D eigenvalue weighted by atomic mass is 19.1. The second kappa shape index (κ2) is 2.39. The standard InChI is InChI=1S/C4H11B2F/c1-4(2,5-3)6-7/h5-6H,1-3H3. The first-order chi connectivity index (χ1) is 3.12. The maximum absolute atomic E-state index is 11.8. The first-order valence-electron chi connectivity index (χ1n) is 2.68. The van der Waals surface area contributed by atoms with Crippen LogP contribution in [0.3, 0.4) is 0 Å². The van der Waals surface area contributed by atoms with Crippen molar-refractivity contribution in [1.82, 2.24) is 0 Å². The molecule has 0 N–H and O–H groups in total. The van der Waals surface area contributed by atoms with Crippen LogP contribution in [0, 0.1) is 0 Å². The lowest BCUT2D eigenvalue weighted by Crippen LogP contribution is -2.14. The van der Waals surface area contributed by atoms with Crippen LogP contribution in [0.15, 0.2) is 0 Å². The summed E-state index contributed by atoms with van der Waals surface area (Å²) >= 11 is 0. The van der Waals surface area contributed by atoms with Gasteiger partial charge in [0.15, 0.2) is 0 Å². The molecule has 0 aliphatic heterocycles. The summed E-state index contributed by atoms with van der Waals surface area (Å²) in [5.74, 6) is 0. The van der Waals surface area contributed by atoms with Gasteiger partial charge in [-0.3, -0.25) is 0 Å². The van der Waals surface area contributed by atoms with E-state index in [0.717, 1.165) is 7.28 Å². The fourth-order valence-corrected chi connectivity index (χ4v) is 0.0945. The molecule has 0 radical (unpaired) electrons. The number of hydrogen-bond donors (Lipinski definition) is 0.